The van der Waals surface area contributed by atoms with E-state index in [1.54, 1.807) is 0 Å². The monoisotopic (exact) mass is 215 g/mol. The van der Waals surface area contributed by atoms with Crippen LogP contribution >= 0.6 is 0 Å². The highest BCUT2D eigenvalue weighted by atomic mass is 15.1. The molecule has 1 atom stereocenters. The highest BCUT2D eigenvalue weighted by molar-refractivity contribution is 5.49. The third-order valence-corrected chi connectivity index (χ3v) is 2.74. The molecule has 0 aliphatic rings. The summed E-state index contributed by atoms with van der Waals surface area (Å²) in [5.74, 6) is 0. The molecule has 1 nitrogen and oxygen atoms in total. The highest BCUT2D eigenvalue weighted by Crippen LogP contribution is 2.18. The Morgan fingerprint density at radius 2 is 1.94 bits per heavy atom. The predicted molar refractivity (Wildman–Crippen MR) is 73.0 cm³/mol. The molecular formula is C15H21N. The Balaban J connectivity index is 2.90. The van der Waals surface area contributed by atoms with Crippen LogP contribution in [0.4, 0.5) is 5.69 Å². The van der Waals surface area contributed by atoms with Crippen molar-refractivity contribution in [2.45, 2.75) is 26.8 Å². The average Bonchev–Trinajstić information content (AvgIpc) is 2.31. The Hall–Kier alpha value is -1.50. The van der Waals surface area contributed by atoms with Crippen LogP contribution in [0, 0.1) is 6.92 Å². The van der Waals surface area contributed by atoms with E-state index in [1.165, 1.54) is 11.3 Å². The molecule has 1 aromatic rings. The Bertz CT molecular complexity index is 348. The van der Waals surface area contributed by atoms with Crippen LogP contribution in [-0.2, 0) is 0 Å². The van der Waals surface area contributed by atoms with E-state index < -0.39 is 0 Å². The summed E-state index contributed by atoms with van der Waals surface area (Å²) >= 11 is 0. The molecule has 0 aromatic heterocycles. The van der Waals surface area contributed by atoms with Crippen molar-refractivity contribution in [3.8, 4) is 0 Å². The lowest BCUT2D eigenvalue weighted by molar-refractivity contribution is 0.784. The molecule has 1 rings (SSSR count). The number of hydrogen-bond acceptors (Lipinski definition) is 1. The molecular weight excluding hydrogens is 194 g/mol. The van der Waals surface area contributed by atoms with Gasteiger partial charge in [0.1, 0.15) is 0 Å². The van der Waals surface area contributed by atoms with Crippen LogP contribution in [0.3, 0.4) is 0 Å². The van der Waals surface area contributed by atoms with Crippen LogP contribution in [0.25, 0.3) is 0 Å². The Morgan fingerprint density at radius 3 is 2.44 bits per heavy atom. The van der Waals surface area contributed by atoms with E-state index >= 15 is 0 Å². The number of hydrogen-bond donors (Lipinski definition) is 0. The Kier molecular flexibility index (Phi) is 4.84. The maximum atomic E-state index is 3.87. The van der Waals surface area contributed by atoms with Gasteiger partial charge in [-0.2, -0.15) is 0 Å². The van der Waals surface area contributed by atoms with Crippen molar-refractivity contribution in [3.63, 3.8) is 0 Å². The number of aryl methyl sites for hydroxylation is 1. The summed E-state index contributed by atoms with van der Waals surface area (Å²) in [7, 11) is 0. The second-order valence-corrected chi connectivity index (χ2v) is 4.03. The topological polar surface area (TPSA) is 3.24 Å². The van der Waals surface area contributed by atoms with Gasteiger partial charge in [-0.15, -0.1) is 6.58 Å². The van der Waals surface area contributed by atoms with Gasteiger partial charge in [0.15, 0.2) is 0 Å². The van der Waals surface area contributed by atoms with E-state index in [0.717, 1.165) is 6.54 Å². The third-order valence-electron chi connectivity index (χ3n) is 2.74. The van der Waals surface area contributed by atoms with Gasteiger partial charge in [-0.05, 0) is 32.9 Å². The van der Waals surface area contributed by atoms with Crippen LogP contribution in [0.15, 0.2) is 49.1 Å². The minimum absolute atomic E-state index is 0.346. The maximum absolute atomic E-state index is 3.87. The molecule has 0 radical (unpaired) electrons. The average molecular weight is 215 g/mol. The fourth-order valence-electron chi connectivity index (χ4n) is 1.59. The molecule has 1 aromatic carbocycles. The fourth-order valence-corrected chi connectivity index (χ4v) is 1.59. The van der Waals surface area contributed by atoms with Crippen molar-refractivity contribution >= 4 is 5.69 Å². The van der Waals surface area contributed by atoms with Gasteiger partial charge in [-0.25, -0.2) is 0 Å². The number of anilines is 1. The molecule has 0 fully saturated rings. The molecule has 0 N–H and O–H groups in total. The zero-order valence-electron chi connectivity index (χ0n) is 10.5. The number of rotatable bonds is 5. The molecule has 0 bridgehead atoms. The highest BCUT2D eigenvalue weighted by Gasteiger charge is 2.09. The second-order valence-electron chi connectivity index (χ2n) is 4.03. The first-order valence-corrected chi connectivity index (χ1v) is 5.76. The van der Waals surface area contributed by atoms with Crippen molar-refractivity contribution in [3.05, 3.63) is 54.6 Å². The zero-order valence-corrected chi connectivity index (χ0v) is 10.5. The third kappa shape index (κ3) is 3.27. The summed E-state index contributed by atoms with van der Waals surface area (Å²) in [4.78, 5) is 2.33. The summed E-state index contributed by atoms with van der Waals surface area (Å²) in [6.45, 7) is 11.1. The lowest BCUT2D eigenvalue weighted by Crippen LogP contribution is -2.31. The predicted octanol–water partition coefficient (Wildman–Crippen LogP) is 3.95. The second kappa shape index (κ2) is 6.16. The standard InChI is InChI=1S/C15H21N/c1-5-7-12-16(14(4)6-2)15-10-8-13(3)9-11-15/h5-11,14H,2,12H2,1,3-4H3/b7-5+. The molecule has 0 saturated heterocycles. The summed E-state index contributed by atoms with van der Waals surface area (Å²) in [5.41, 5.74) is 2.54. The van der Waals surface area contributed by atoms with E-state index in [2.05, 4.69) is 61.7 Å². The van der Waals surface area contributed by atoms with Crippen LogP contribution < -0.4 is 4.90 Å². The van der Waals surface area contributed by atoms with E-state index in [9.17, 15) is 0 Å². The molecule has 0 heterocycles. The first-order chi connectivity index (χ1) is 7.69. The summed E-state index contributed by atoms with van der Waals surface area (Å²) < 4.78 is 0. The van der Waals surface area contributed by atoms with Gasteiger partial charge in [-0.1, -0.05) is 35.9 Å². The van der Waals surface area contributed by atoms with Gasteiger partial charge in [-0.3, -0.25) is 0 Å². The molecule has 0 saturated carbocycles. The van der Waals surface area contributed by atoms with E-state index in [4.69, 9.17) is 0 Å². The summed E-state index contributed by atoms with van der Waals surface area (Å²) in [6, 6.07) is 8.97. The van der Waals surface area contributed by atoms with Crippen molar-refractivity contribution in [2.75, 3.05) is 11.4 Å². The molecule has 1 unspecified atom stereocenters. The number of nitrogens with zero attached hydrogens (tertiary/aromatic N) is 1. The summed E-state index contributed by atoms with van der Waals surface area (Å²) in [6.07, 6.45) is 6.22. The quantitative estimate of drug-likeness (QED) is 0.672. The van der Waals surface area contributed by atoms with Crippen LogP contribution in [-0.4, -0.2) is 12.6 Å². The van der Waals surface area contributed by atoms with Gasteiger partial charge >= 0.3 is 0 Å². The molecule has 0 spiro atoms. The minimum atomic E-state index is 0.346. The van der Waals surface area contributed by atoms with Gasteiger partial charge in [0.05, 0.1) is 0 Å². The fraction of sp³-hybridized carbons (Fsp3) is 0.333. The Morgan fingerprint density at radius 1 is 1.31 bits per heavy atom. The van der Waals surface area contributed by atoms with Gasteiger partial charge in [0.2, 0.25) is 0 Å². The SMILES string of the molecule is C=CC(C)N(C/C=C/C)c1ccc(C)cc1. The number of benzene rings is 1. The van der Waals surface area contributed by atoms with E-state index in [-0.39, 0.29) is 0 Å². The normalized spacial score (nSPS) is 12.7. The van der Waals surface area contributed by atoms with Gasteiger partial charge in [0, 0.05) is 18.3 Å². The van der Waals surface area contributed by atoms with Crippen LogP contribution in [0.2, 0.25) is 0 Å². The molecule has 16 heavy (non-hydrogen) atoms. The molecule has 86 valence electrons. The smallest absolute Gasteiger partial charge is 0.0445 e. The van der Waals surface area contributed by atoms with Crippen LogP contribution in [0.1, 0.15) is 19.4 Å². The van der Waals surface area contributed by atoms with E-state index in [1.807, 2.05) is 13.0 Å². The molecule has 0 aliphatic heterocycles. The first kappa shape index (κ1) is 12.6. The van der Waals surface area contributed by atoms with Crippen LogP contribution in [0.5, 0.6) is 0 Å². The largest absolute Gasteiger partial charge is 0.362 e. The van der Waals surface area contributed by atoms with Gasteiger partial charge < -0.3 is 4.90 Å². The first-order valence-electron chi connectivity index (χ1n) is 5.76. The lowest BCUT2D eigenvalue weighted by atomic mass is 10.2. The van der Waals surface area contributed by atoms with Crippen molar-refractivity contribution in [1.29, 1.82) is 0 Å². The van der Waals surface area contributed by atoms with Gasteiger partial charge in [0.25, 0.3) is 0 Å². The van der Waals surface area contributed by atoms with Crippen molar-refractivity contribution in [2.24, 2.45) is 0 Å². The number of allylic oxidation sites excluding steroid dienone is 1. The minimum Gasteiger partial charge on any atom is -0.362 e. The van der Waals surface area contributed by atoms with E-state index in [0.29, 0.717) is 6.04 Å². The lowest BCUT2D eigenvalue weighted by Gasteiger charge is -2.28. The zero-order chi connectivity index (χ0) is 12.0. The molecule has 0 aliphatic carbocycles. The molecule has 0 amide bonds. The maximum Gasteiger partial charge on any atom is 0.0445 e. The van der Waals surface area contributed by atoms with Crippen molar-refractivity contribution in [1.82, 2.24) is 0 Å². The Labute approximate surface area is 99.1 Å². The van der Waals surface area contributed by atoms with Crippen molar-refractivity contribution < 1.29 is 0 Å². The molecule has 1 heteroatoms. The summed E-state index contributed by atoms with van der Waals surface area (Å²) in [5, 5.41) is 0.